The third-order valence-corrected chi connectivity index (χ3v) is 14.3. The van der Waals surface area contributed by atoms with Crippen molar-refractivity contribution in [2.24, 2.45) is 0 Å². The average molecular weight is 851 g/mol. The smallest absolute Gasteiger partial charge is 0.0546 e. The van der Waals surface area contributed by atoms with Crippen molar-refractivity contribution in [1.82, 2.24) is 0 Å². The van der Waals surface area contributed by atoms with E-state index in [1.165, 1.54) is 103 Å². The molecule has 0 atom stereocenters. The maximum Gasteiger partial charge on any atom is 0.0546 e. The van der Waals surface area contributed by atoms with Gasteiger partial charge in [-0.25, -0.2) is 0 Å². The number of para-hydroxylation sites is 2. The predicted octanol–water partition coefficient (Wildman–Crippen LogP) is 18.7. The summed E-state index contributed by atoms with van der Waals surface area (Å²) in [5.41, 5.74) is 10.4. The first kappa shape index (κ1) is 37.6. The van der Waals surface area contributed by atoms with Crippen LogP contribution < -0.4 is 9.80 Å². The summed E-state index contributed by atoms with van der Waals surface area (Å²) in [5.74, 6) is 0. The van der Waals surface area contributed by atoms with Crippen LogP contribution in [0.25, 0.3) is 97.3 Å². The molecule has 0 saturated carbocycles. The van der Waals surface area contributed by atoms with Gasteiger partial charge < -0.3 is 9.80 Å². The minimum atomic E-state index is 1.11. The summed E-state index contributed by atoms with van der Waals surface area (Å²) in [6.07, 6.45) is 0. The van der Waals surface area contributed by atoms with Crippen molar-refractivity contribution in [1.29, 1.82) is 0 Å². The number of aryl methyl sites for hydroxylation is 1. The summed E-state index contributed by atoms with van der Waals surface area (Å²) in [6, 6.07) is 88.0. The van der Waals surface area contributed by atoms with Crippen LogP contribution in [-0.4, -0.2) is 0 Å². The molecule has 312 valence electrons. The van der Waals surface area contributed by atoms with Crippen molar-refractivity contribution in [3.63, 3.8) is 0 Å². The van der Waals surface area contributed by atoms with Crippen molar-refractivity contribution >= 4 is 120 Å². The first-order chi connectivity index (χ1) is 33.1. The van der Waals surface area contributed by atoms with E-state index >= 15 is 0 Å². The zero-order chi connectivity index (χ0) is 44.2. The lowest BCUT2D eigenvalue weighted by Gasteiger charge is -2.30. The fraction of sp³-hybridized carbons (Fsp3) is 0.0154. The molecule has 0 aliphatic rings. The minimum Gasteiger partial charge on any atom is -0.310 e. The van der Waals surface area contributed by atoms with Crippen molar-refractivity contribution < 1.29 is 0 Å². The molecule has 14 aromatic carbocycles. The summed E-state index contributed by atoms with van der Waals surface area (Å²) < 4.78 is 0. The third-order valence-electron chi connectivity index (χ3n) is 14.3. The Morgan fingerprint density at radius 1 is 0.239 bits per heavy atom. The van der Waals surface area contributed by atoms with E-state index in [0.717, 1.165) is 34.1 Å². The first-order valence-corrected chi connectivity index (χ1v) is 23.2. The molecule has 2 nitrogen and oxygen atoms in total. The monoisotopic (exact) mass is 850 g/mol. The Hall–Kier alpha value is -8.72. The van der Waals surface area contributed by atoms with Gasteiger partial charge in [0.05, 0.1) is 17.1 Å². The first-order valence-electron chi connectivity index (χ1n) is 23.2. The van der Waals surface area contributed by atoms with Gasteiger partial charge in [0.2, 0.25) is 0 Å². The lowest BCUT2D eigenvalue weighted by Crippen LogP contribution is -2.11. The van der Waals surface area contributed by atoms with E-state index in [9.17, 15) is 0 Å². The number of hydrogen-bond acceptors (Lipinski definition) is 2. The molecule has 0 aliphatic heterocycles. The Labute approximate surface area is 388 Å². The van der Waals surface area contributed by atoms with Crippen LogP contribution >= 0.6 is 0 Å². The Kier molecular flexibility index (Phi) is 8.23. The molecule has 0 spiro atoms. The van der Waals surface area contributed by atoms with E-state index in [2.05, 4.69) is 253 Å². The molecule has 0 bridgehead atoms. The van der Waals surface area contributed by atoms with E-state index in [-0.39, 0.29) is 0 Å². The highest BCUT2D eigenvalue weighted by Crippen LogP contribution is 2.49. The second-order valence-electron chi connectivity index (χ2n) is 18.2. The zero-order valence-electron chi connectivity index (χ0n) is 36.9. The average Bonchev–Trinajstić information content (AvgIpc) is 3.38. The van der Waals surface area contributed by atoms with E-state index < -0.39 is 0 Å². The van der Waals surface area contributed by atoms with Crippen LogP contribution in [0, 0.1) is 6.92 Å². The van der Waals surface area contributed by atoms with E-state index in [1.807, 2.05) is 0 Å². The molecule has 67 heavy (non-hydrogen) atoms. The molecule has 0 unspecified atom stereocenters. The van der Waals surface area contributed by atoms with Gasteiger partial charge >= 0.3 is 0 Å². The number of rotatable bonds is 7. The van der Waals surface area contributed by atoms with Crippen LogP contribution in [0.3, 0.4) is 0 Å². The highest BCUT2D eigenvalue weighted by molar-refractivity contribution is 6.28. The molecule has 0 N–H and O–H groups in total. The topological polar surface area (TPSA) is 6.48 Å². The Morgan fingerprint density at radius 3 is 1.28 bits per heavy atom. The van der Waals surface area contributed by atoms with Gasteiger partial charge in [-0.15, -0.1) is 0 Å². The summed E-state index contributed by atoms with van der Waals surface area (Å²) in [5, 5.41) is 20.1. The molecule has 0 radical (unpaired) electrons. The van der Waals surface area contributed by atoms with Crippen LogP contribution in [-0.2, 0) is 0 Å². The maximum absolute atomic E-state index is 2.50. The number of benzene rings is 14. The fourth-order valence-electron chi connectivity index (χ4n) is 11.2. The molecule has 0 aliphatic carbocycles. The largest absolute Gasteiger partial charge is 0.310 e. The van der Waals surface area contributed by atoms with Gasteiger partial charge in [-0.05, 0) is 149 Å². The molecular weight excluding hydrogens is 809 g/mol. The molecule has 2 heteroatoms. The van der Waals surface area contributed by atoms with Gasteiger partial charge in [0.15, 0.2) is 0 Å². The number of fused-ring (bicyclic) bond motifs is 3. The van der Waals surface area contributed by atoms with E-state index in [1.54, 1.807) is 0 Å². The van der Waals surface area contributed by atoms with Crippen LogP contribution in [0.15, 0.2) is 237 Å². The lowest BCUT2D eigenvalue weighted by molar-refractivity contribution is 1.30. The Bertz CT molecular complexity index is 4180. The van der Waals surface area contributed by atoms with Gasteiger partial charge in [-0.3, -0.25) is 0 Å². The summed E-state index contributed by atoms with van der Waals surface area (Å²) in [7, 11) is 0. The molecule has 0 heterocycles. The molecule has 14 aromatic rings. The Morgan fingerprint density at radius 2 is 0.701 bits per heavy atom. The van der Waals surface area contributed by atoms with Crippen LogP contribution in [0.1, 0.15) is 5.56 Å². The van der Waals surface area contributed by atoms with Gasteiger partial charge in [0, 0.05) is 33.2 Å². The van der Waals surface area contributed by atoms with Crippen LogP contribution in [0.2, 0.25) is 0 Å². The highest BCUT2D eigenvalue weighted by Gasteiger charge is 2.23. The van der Waals surface area contributed by atoms with Gasteiger partial charge in [-0.1, -0.05) is 181 Å². The molecule has 0 amide bonds. The number of hydrogen-bond donors (Lipinski definition) is 0. The molecule has 0 fully saturated rings. The summed E-state index contributed by atoms with van der Waals surface area (Å²) in [6.45, 7) is 2.16. The summed E-state index contributed by atoms with van der Waals surface area (Å²) >= 11 is 0. The second kappa shape index (κ2) is 14.7. The van der Waals surface area contributed by atoms with Crippen molar-refractivity contribution in [2.75, 3.05) is 9.80 Å². The molecular formula is C65H42N2. The van der Waals surface area contributed by atoms with Crippen molar-refractivity contribution in [2.45, 2.75) is 6.92 Å². The predicted molar refractivity (Wildman–Crippen MR) is 288 cm³/mol. The van der Waals surface area contributed by atoms with Crippen LogP contribution in [0.4, 0.5) is 34.1 Å². The number of nitrogens with zero attached hydrogens (tertiary/aromatic N) is 2. The minimum absolute atomic E-state index is 1.11. The molecule has 0 saturated heterocycles. The fourth-order valence-corrected chi connectivity index (χ4v) is 11.2. The van der Waals surface area contributed by atoms with E-state index in [4.69, 9.17) is 0 Å². The second-order valence-corrected chi connectivity index (χ2v) is 18.2. The van der Waals surface area contributed by atoms with Gasteiger partial charge in [0.1, 0.15) is 0 Å². The van der Waals surface area contributed by atoms with Crippen molar-refractivity contribution in [3.05, 3.63) is 242 Å². The lowest BCUT2D eigenvalue weighted by atomic mass is 9.92. The SMILES string of the molecule is Cc1ccc(-c2cc(N(c3ccccc3)c3ccc4ccc5cccc6ccc3c4c56)c3ccc4cc(N(c5ccccc5)c5ccc6ccc7cccc8ccc5c6c78)ccc4c3c2)cc1. The van der Waals surface area contributed by atoms with Crippen molar-refractivity contribution in [3.8, 4) is 11.1 Å². The van der Waals surface area contributed by atoms with E-state index in [0.29, 0.717) is 0 Å². The normalized spacial score (nSPS) is 12.0. The zero-order valence-corrected chi connectivity index (χ0v) is 36.9. The maximum atomic E-state index is 2.50. The van der Waals surface area contributed by atoms with Gasteiger partial charge in [-0.2, -0.15) is 0 Å². The standard InChI is InChI=1S/C65H42N2/c1-41-18-20-42(21-19-41)50-39-58-54-35-31-53(66(51-14-4-2-5-15-51)59-36-29-47-24-22-43-10-8-12-45-26-33-56(59)64(47)62(43)45)38-49(54)28-32-55(58)61(40-50)67(52-16-6-3-7-17-52)60-37-30-48-25-23-44-11-9-13-46-27-34-57(60)65(48)63(44)46/h2-40H,1H3. The van der Waals surface area contributed by atoms with Crippen LogP contribution in [0.5, 0.6) is 0 Å². The number of anilines is 6. The quantitative estimate of drug-likeness (QED) is 0.147. The molecule has 0 aromatic heterocycles. The van der Waals surface area contributed by atoms with Gasteiger partial charge in [0.25, 0.3) is 0 Å². The Balaban J connectivity index is 1.02. The third kappa shape index (κ3) is 5.83. The highest BCUT2D eigenvalue weighted by atomic mass is 15.2. The molecule has 14 rings (SSSR count). The summed E-state index contributed by atoms with van der Waals surface area (Å²) in [4.78, 5) is 4.94.